The van der Waals surface area contributed by atoms with Crippen molar-refractivity contribution >= 4 is 17.5 Å². The largest absolute Gasteiger partial charge is 0.347 e. The van der Waals surface area contributed by atoms with E-state index in [0.717, 1.165) is 29.5 Å². The van der Waals surface area contributed by atoms with Crippen LogP contribution in [0.4, 0.5) is 10.1 Å². The summed E-state index contributed by atoms with van der Waals surface area (Å²) >= 11 is 0. The van der Waals surface area contributed by atoms with Gasteiger partial charge in [0.1, 0.15) is 5.82 Å². The van der Waals surface area contributed by atoms with Gasteiger partial charge in [0, 0.05) is 17.6 Å². The maximum Gasteiger partial charge on any atom is 0.313 e. The zero-order chi connectivity index (χ0) is 18.0. The van der Waals surface area contributed by atoms with Crippen LogP contribution in [0.5, 0.6) is 0 Å². The highest BCUT2D eigenvalue weighted by Crippen LogP contribution is 2.47. The van der Waals surface area contributed by atoms with Gasteiger partial charge in [-0.2, -0.15) is 0 Å². The van der Waals surface area contributed by atoms with E-state index in [4.69, 9.17) is 0 Å². The number of benzene rings is 2. The summed E-state index contributed by atoms with van der Waals surface area (Å²) in [4.78, 5) is 24.2. The van der Waals surface area contributed by atoms with Crippen molar-refractivity contribution in [1.82, 2.24) is 5.32 Å². The van der Waals surface area contributed by atoms with E-state index in [1.165, 1.54) is 12.1 Å². The van der Waals surface area contributed by atoms with Gasteiger partial charge in [0.25, 0.3) is 0 Å². The molecule has 3 rings (SSSR count). The Morgan fingerprint density at radius 2 is 1.72 bits per heavy atom. The second-order valence-corrected chi connectivity index (χ2v) is 6.67. The zero-order valence-electron chi connectivity index (χ0n) is 14.4. The van der Waals surface area contributed by atoms with Gasteiger partial charge in [-0.3, -0.25) is 9.59 Å². The van der Waals surface area contributed by atoms with Gasteiger partial charge >= 0.3 is 11.8 Å². The number of hydrogen-bond acceptors (Lipinski definition) is 2. The smallest absolute Gasteiger partial charge is 0.313 e. The molecule has 1 aliphatic carbocycles. The Bertz CT molecular complexity index is 811. The Hall–Kier alpha value is -2.69. The molecule has 0 atom stereocenters. The number of hydrogen-bond donors (Lipinski definition) is 2. The third kappa shape index (κ3) is 3.71. The molecular formula is C20H21FN2O2. The third-order valence-corrected chi connectivity index (χ3v) is 4.96. The van der Waals surface area contributed by atoms with Crippen molar-refractivity contribution in [2.75, 3.05) is 11.9 Å². The van der Waals surface area contributed by atoms with Gasteiger partial charge in [-0.05, 0) is 61.6 Å². The number of halogens is 1. The molecule has 0 bridgehead atoms. The molecule has 0 aromatic heterocycles. The molecule has 2 aromatic carbocycles. The minimum atomic E-state index is -0.677. The molecule has 1 saturated carbocycles. The van der Waals surface area contributed by atoms with Crippen molar-refractivity contribution in [2.45, 2.75) is 32.1 Å². The molecule has 5 heteroatoms. The normalized spacial score (nSPS) is 14.7. The fraction of sp³-hybridized carbons (Fsp3) is 0.300. The zero-order valence-corrected chi connectivity index (χ0v) is 14.4. The van der Waals surface area contributed by atoms with E-state index in [0.29, 0.717) is 12.2 Å². The van der Waals surface area contributed by atoms with E-state index in [1.807, 2.05) is 26.0 Å². The Labute approximate surface area is 146 Å². The van der Waals surface area contributed by atoms with Crippen molar-refractivity contribution in [3.63, 3.8) is 0 Å². The predicted molar refractivity (Wildman–Crippen MR) is 94.9 cm³/mol. The molecule has 4 nitrogen and oxygen atoms in total. The van der Waals surface area contributed by atoms with Crippen molar-refractivity contribution in [3.8, 4) is 0 Å². The Balaban J connectivity index is 1.60. The second-order valence-electron chi connectivity index (χ2n) is 6.67. The minimum Gasteiger partial charge on any atom is -0.347 e. The molecular weight excluding hydrogens is 319 g/mol. The maximum absolute atomic E-state index is 13.1. The molecule has 1 fully saturated rings. The van der Waals surface area contributed by atoms with Crippen LogP contribution in [0.25, 0.3) is 0 Å². The van der Waals surface area contributed by atoms with Crippen LogP contribution in [0.2, 0.25) is 0 Å². The Kier molecular flexibility index (Phi) is 4.57. The molecule has 2 amide bonds. The monoisotopic (exact) mass is 340 g/mol. The molecule has 0 spiro atoms. The van der Waals surface area contributed by atoms with Crippen LogP contribution in [-0.4, -0.2) is 18.4 Å². The van der Waals surface area contributed by atoms with E-state index >= 15 is 0 Å². The predicted octanol–water partition coefficient (Wildman–Crippen LogP) is 3.23. The van der Waals surface area contributed by atoms with Crippen molar-refractivity contribution < 1.29 is 14.0 Å². The molecule has 0 aliphatic heterocycles. The highest BCUT2D eigenvalue weighted by molar-refractivity contribution is 6.39. The first-order chi connectivity index (χ1) is 11.9. The highest BCUT2D eigenvalue weighted by atomic mass is 19.1. The Morgan fingerprint density at radius 1 is 1.04 bits per heavy atom. The molecule has 1 aliphatic rings. The number of anilines is 1. The average molecular weight is 340 g/mol. The van der Waals surface area contributed by atoms with Crippen molar-refractivity contribution in [3.05, 3.63) is 65.0 Å². The molecule has 25 heavy (non-hydrogen) atoms. The molecule has 2 N–H and O–H groups in total. The van der Waals surface area contributed by atoms with Crippen molar-refractivity contribution in [1.29, 1.82) is 0 Å². The lowest BCUT2D eigenvalue weighted by atomic mass is 9.96. The average Bonchev–Trinajstić information content (AvgIpc) is 3.38. The van der Waals surface area contributed by atoms with E-state index in [-0.39, 0.29) is 11.2 Å². The van der Waals surface area contributed by atoms with Crippen LogP contribution in [0.3, 0.4) is 0 Å². The standard InChI is InChI=1S/C20H21FN2O2/c1-13-4-3-5-17(14(13)2)23-19(25)18(24)22-12-20(10-11-20)15-6-8-16(21)9-7-15/h3-9H,10-12H2,1-2H3,(H,22,24)(H,23,25). The van der Waals surface area contributed by atoms with Gasteiger partial charge in [0.2, 0.25) is 0 Å². The molecule has 130 valence electrons. The van der Waals surface area contributed by atoms with E-state index in [9.17, 15) is 14.0 Å². The highest BCUT2D eigenvalue weighted by Gasteiger charge is 2.44. The SMILES string of the molecule is Cc1cccc(NC(=O)C(=O)NCC2(c3ccc(F)cc3)CC2)c1C. The van der Waals surface area contributed by atoms with E-state index in [1.54, 1.807) is 18.2 Å². The Morgan fingerprint density at radius 3 is 2.36 bits per heavy atom. The van der Waals surface area contributed by atoms with Crippen LogP contribution in [-0.2, 0) is 15.0 Å². The first-order valence-electron chi connectivity index (χ1n) is 8.33. The van der Waals surface area contributed by atoms with Gasteiger partial charge in [0.05, 0.1) is 0 Å². The number of carbonyl (C=O) groups excluding carboxylic acids is 2. The van der Waals surface area contributed by atoms with E-state index in [2.05, 4.69) is 10.6 Å². The number of aryl methyl sites for hydroxylation is 1. The van der Waals surface area contributed by atoms with Gasteiger partial charge in [-0.25, -0.2) is 4.39 Å². The fourth-order valence-electron chi connectivity index (χ4n) is 2.92. The molecule has 0 saturated heterocycles. The number of carbonyl (C=O) groups is 2. The van der Waals surface area contributed by atoms with Crippen LogP contribution in [0, 0.1) is 19.7 Å². The first-order valence-corrected chi connectivity index (χ1v) is 8.33. The fourth-order valence-corrected chi connectivity index (χ4v) is 2.92. The van der Waals surface area contributed by atoms with Crippen molar-refractivity contribution in [2.24, 2.45) is 0 Å². The van der Waals surface area contributed by atoms with Gasteiger partial charge < -0.3 is 10.6 Å². The van der Waals surface area contributed by atoms with Gasteiger partial charge in [0.15, 0.2) is 0 Å². The van der Waals surface area contributed by atoms with Gasteiger partial charge in [-0.1, -0.05) is 24.3 Å². The molecule has 2 aromatic rings. The lowest BCUT2D eigenvalue weighted by molar-refractivity contribution is -0.136. The summed E-state index contributed by atoms with van der Waals surface area (Å²) in [7, 11) is 0. The second kappa shape index (κ2) is 6.67. The summed E-state index contributed by atoms with van der Waals surface area (Å²) < 4.78 is 13.1. The molecule has 0 radical (unpaired) electrons. The first kappa shape index (κ1) is 17.1. The minimum absolute atomic E-state index is 0.178. The van der Waals surface area contributed by atoms with Crippen LogP contribution in [0.15, 0.2) is 42.5 Å². The summed E-state index contributed by atoms with van der Waals surface area (Å²) in [5, 5.41) is 5.36. The number of rotatable bonds is 4. The quantitative estimate of drug-likeness (QED) is 0.840. The molecule has 0 heterocycles. The summed E-state index contributed by atoms with van der Waals surface area (Å²) in [5.74, 6) is -1.62. The summed E-state index contributed by atoms with van der Waals surface area (Å²) in [6, 6.07) is 11.9. The van der Waals surface area contributed by atoms with Crippen LogP contribution >= 0.6 is 0 Å². The maximum atomic E-state index is 13.1. The lowest BCUT2D eigenvalue weighted by Gasteiger charge is -2.17. The summed E-state index contributed by atoms with van der Waals surface area (Å²) in [5.41, 5.74) is 3.44. The molecule has 0 unspecified atom stereocenters. The van der Waals surface area contributed by atoms with Gasteiger partial charge in [-0.15, -0.1) is 0 Å². The third-order valence-electron chi connectivity index (χ3n) is 4.96. The topological polar surface area (TPSA) is 58.2 Å². The summed E-state index contributed by atoms with van der Waals surface area (Å²) in [6.45, 7) is 4.22. The van der Waals surface area contributed by atoms with Crippen LogP contribution < -0.4 is 10.6 Å². The summed E-state index contributed by atoms with van der Waals surface area (Å²) in [6.07, 6.45) is 1.83. The number of nitrogens with one attached hydrogen (secondary N) is 2. The van der Waals surface area contributed by atoms with Crippen LogP contribution in [0.1, 0.15) is 29.5 Å². The lowest BCUT2D eigenvalue weighted by Crippen LogP contribution is -2.39. The number of amides is 2. The van der Waals surface area contributed by atoms with E-state index < -0.39 is 11.8 Å².